The minimum atomic E-state index is 0.449. The Labute approximate surface area is 79.2 Å². The van der Waals surface area contributed by atoms with Crippen molar-refractivity contribution in [3.8, 4) is 0 Å². The van der Waals surface area contributed by atoms with Crippen LogP contribution in [0, 0.1) is 0 Å². The SMILES string of the molecule is CSCc1nc2ncnc(N)c2[nH]1. The largest absolute Gasteiger partial charge is 0.382 e. The van der Waals surface area contributed by atoms with Gasteiger partial charge < -0.3 is 10.7 Å². The molecule has 0 amide bonds. The van der Waals surface area contributed by atoms with E-state index in [4.69, 9.17) is 5.73 Å². The van der Waals surface area contributed by atoms with Gasteiger partial charge in [0.05, 0.1) is 5.75 Å². The quantitative estimate of drug-likeness (QED) is 0.740. The standard InChI is InChI=1S/C7H9N5S/c1-13-2-4-11-5-6(8)9-3-10-7(5)12-4/h3H,2H2,1H3,(H3,8,9,10,11,12). The average molecular weight is 195 g/mol. The molecule has 0 atom stereocenters. The Kier molecular flexibility index (Phi) is 2.05. The molecule has 0 aliphatic carbocycles. The molecule has 2 heterocycles. The number of aromatic amines is 1. The lowest BCUT2D eigenvalue weighted by Gasteiger charge is -1.90. The Morgan fingerprint density at radius 2 is 2.38 bits per heavy atom. The van der Waals surface area contributed by atoms with E-state index >= 15 is 0 Å². The third-order valence-electron chi connectivity index (χ3n) is 1.65. The first-order chi connectivity index (χ1) is 6.31. The minimum absolute atomic E-state index is 0.449. The first-order valence-corrected chi connectivity index (χ1v) is 5.14. The highest BCUT2D eigenvalue weighted by atomic mass is 32.2. The Hall–Kier alpha value is -1.30. The van der Waals surface area contributed by atoms with Crippen LogP contribution in [0.25, 0.3) is 11.2 Å². The van der Waals surface area contributed by atoms with E-state index in [2.05, 4.69) is 19.9 Å². The molecule has 0 aliphatic heterocycles. The van der Waals surface area contributed by atoms with E-state index in [1.54, 1.807) is 11.8 Å². The van der Waals surface area contributed by atoms with E-state index in [9.17, 15) is 0 Å². The number of thioether (sulfide) groups is 1. The number of hydrogen-bond acceptors (Lipinski definition) is 5. The lowest BCUT2D eigenvalue weighted by Crippen LogP contribution is -1.91. The van der Waals surface area contributed by atoms with Crippen LogP contribution in [-0.2, 0) is 5.75 Å². The number of nitrogens with zero attached hydrogens (tertiary/aromatic N) is 3. The van der Waals surface area contributed by atoms with Gasteiger partial charge in [-0.15, -0.1) is 0 Å². The van der Waals surface area contributed by atoms with Crippen molar-refractivity contribution in [1.82, 2.24) is 19.9 Å². The molecular formula is C7H9N5S. The highest BCUT2D eigenvalue weighted by Gasteiger charge is 2.05. The fraction of sp³-hybridized carbons (Fsp3) is 0.286. The summed E-state index contributed by atoms with van der Waals surface area (Å²) in [5.74, 6) is 2.16. The van der Waals surface area contributed by atoms with Gasteiger partial charge >= 0.3 is 0 Å². The van der Waals surface area contributed by atoms with Crippen molar-refractivity contribution in [2.24, 2.45) is 0 Å². The smallest absolute Gasteiger partial charge is 0.183 e. The van der Waals surface area contributed by atoms with Crippen molar-refractivity contribution in [2.45, 2.75) is 5.75 Å². The van der Waals surface area contributed by atoms with Crippen molar-refractivity contribution in [3.05, 3.63) is 12.2 Å². The zero-order valence-corrected chi connectivity index (χ0v) is 7.93. The normalized spacial score (nSPS) is 10.8. The molecule has 2 aromatic rings. The predicted octanol–water partition coefficient (Wildman–Crippen LogP) is 0.798. The molecule has 5 nitrogen and oxygen atoms in total. The number of nitrogens with two attached hydrogens (primary N) is 1. The van der Waals surface area contributed by atoms with E-state index in [-0.39, 0.29) is 0 Å². The summed E-state index contributed by atoms with van der Waals surface area (Å²) in [7, 11) is 0. The van der Waals surface area contributed by atoms with Crippen molar-refractivity contribution in [1.29, 1.82) is 0 Å². The second kappa shape index (κ2) is 3.21. The van der Waals surface area contributed by atoms with Gasteiger partial charge in [0, 0.05) is 0 Å². The van der Waals surface area contributed by atoms with E-state index in [1.165, 1.54) is 6.33 Å². The molecule has 0 saturated heterocycles. The van der Waals surface area contributed by atoms with E-state index in [1.807, 2.05) is 6.26 Å². The van der Waals surface area contributed by atoms with Crippen molar-refractivity contribution in [3.63, 3.8) is 0 Å². The Morgan fingerprint density at radius 1 is 1.54 bits per heavy atom. The van der Waals surface area contributed by atoms with Gasteiger partial charge in [0.1, 0.15) is 17.7 Å². The maximum Gasteiger partial charge on any atom is 0.183 e. The second-order valence-electron chi connectivity index (χ2n) is 2.57. The Morgan fingerprint density at radius 3 is 3.08 bits per heavy atom. The summed E-state index contributed by atoms with van der Waals surface area (Å²) >= 11 is 1.69. The summed E-state index contributed by atoms with van der Waals surface area (Å²) in [5, 5.41) is 0. The van der Waals surface area contributed by atoms with Gasteiger partial charge in [0.25, 0.3) is 0 Å². The maximum atomic E-state index is 5.64. The molecule has 0 aliphatic rings. The Balaban J connectivity index is 2.55. The molecule has 0 aromatic carbocycles. The first-order valence-electron chi connectivity index (χ1n) is 3.75. The Bertz CT molecular complexity index is 424. The second-order valence-corrected chi connectivity index (χ2v) is 3.44. The predicted molar refractivity (Wildman–Crippen MR) is 53.3 cm³/mol. The molecule has 0 saturated carbocycles. The van der Waals surface area contributed by atoms with E-state index in [0.29, 0.717) is 11.5 Å². The molecule has 0 unspecified atom stereocenters. The van der Waals surface area contributed by atoms with Gasteiger partial charge in [-0.2, -0.15) is 11.8 Å². The number of imidazole rings is 1. The van der Waals surface area contributed by atoms with Crippen LogP contribution in [0.5, 0.6) is 0 Å². The van der Waals surface area contributed by atoms with Gasteiger partial charge in [0.15, 0.2) is 11.5 Å². The zero-order valence-electron chi connectivity index (χ0n) is 7.11. The number of hydrogen-bond donors (Lipinski definition) is 2. The van der Waals surface area contributed by atoms with Crippen LogP contribution in [0.15, 0.2) is 6.33 Å². The van der Waals surface area contributed by atoms with E-state index < -0.39 is 0 Å². The summed E-state index contributed by atoms with van der Waals surface area (Å²) in [6.45, 7) is 0. The topological polar surface area (TPSA) is 80.5 Å². The zero-order chi connectivity index (χ0) is 9.26. The van der Waals surface area contributed by atoms with Gasteiger partial charge in [-0.3, -0.25) is 0 Å². The molecule has 3 N–H and O–H groups in total. The molecular weight excluding hydrogens is 186 g/mol. The van der Waals surface area contributed by atoms with Gasteiger partial charge in [-0.1, -0.05) is 0 Å². The summed E-state index contributed by atoms with van der Waals surface area (Å²) in [6.07, 6.45) is 3.43. The number of nitrogen functional groups attached to an aromatic ring is 1. The molecule has 68 valence electrons. The fourth-order valence-electron chi connectivity index (χ4n) is 1.10. The fourth-order valence-corrected chi connectivity index (χ4v) is 1.51. The monoisotopic (exact) mass is 195 g/mol. The van der Waals surface area contributed by atoms with Crippen LogP contribution in [0.1, 0.15) is 5.82 Å². The summed E-state index contributed by atoms with van der Waals surface area (Å²) in [4.78, 5) is 15.2. The summed E-state index contributed by atoms with van der Waals surface area (Å²) in [6, 6.07) is 0. The molecule has 13 heavy (non-hydrogen) atoms. The molecule has 0 fully saturated rings. The van der Waals surface area contributed by atoms with Crippen molar-refractivity contribution < 1.29 is 0 Å². The van der Waals surface area contributed by atoms with Gasteiger partial charge in [-0.25, -0.2) is 15.0 Å². The van der Waals surface area contributed by atoms with Crippen LogP contribution in [-0.4, -0.2) is 26.2 Å². The van der Waals surface area contributed by atoms with Crippen LogP contribution < -0.4 is 5.73 Å². The maximum absolute atomic E-state index is 5.64. The third kappa shape index (κ3) is 1.44. The van der Waals surface area contributed by atoms with Crippen LogP contribution >= 0.6 is 11.8 Å². The van der Waals surface area contributed by atoms with Crippen LogP contribution in [0.4, 0.5) is 5.82 Å². The molecule has 2 rings (SSSR count). The van der Waals surface area contributed by atoms with E-state index in [0.717, 1.165) is 17.1 Å². The number of fused-ring (bicyclic) bond motifs is 1. The molecule has 0 radical (unpaired) electrons. The summed E-state index contributed by atoms with van der Waals surface area (Å²) < 4.78 is 0. The van der Waals surface area contributed by atoms with Crippen LogP contribution in [0.2, 0.25) is 0 Å². The summed E-state index contributed by atoms with van der Waals surface area (Å²) in [5.41, 5.74) is 7.00. The van der Waals surface area contributed by atoms with Gasteiger partial charge in [-0.05, 0) is 6.26 Å². The lowest BCUT2D eigenvalue weighted by atomic mass is 10.5. The van der Waals surface area contributed by atoms with Crippen LogP contribution in [0.3, 0.4) is 0 Å². The third-order valence-corrected chi connectivity index (χ3v) is 2.21. The number of aromatic nitrogens is 4. The molecule has 6 heteroatoms. The highest BCUT2D eigenvalue weighted by molar-refractivity contribution is 7.97. The first kappa shape index (κ1) is 8.31. The average Bonchev–Trinajstić information content (AvgIpc) is 2.49. The number of rotatable bonds is 2. The van der Waals surface area contributed by atoms with Gasteiger partial charge in [0.2, 0.25) is 0 Å². The molecule has 0 bridgehead atoms. The highest BCUT2D eigenvalue weighted by Crippen LogP contribution is 2.15. The molecule has 0 spiro atoms. The minimum Gasteiger partial charge on any atom is -0.382 e. The number of nitrogens with one attached hydrogen (secondary N) is 1. The lowest BCUT2D eigenvalue weighted by molar-refractivity contribution is 1.13. The molecule has 2 aromatic heterocycles. The van der Waals surface area contributed by atoms with Crippen molar-refractivity contribution >= 4 is 28.7 Å². The van der Waals surface area contributed by atoms with Crippen molar-refractivity contribution in [2.75, 3.05) is 12.0 Å². The number of anilines is 1. The number of H-pyrrole nitrogens is 1.